The molecule has 1 aliphatic rings. The molecule has 2 N–H and O–H groups in total. The molecule has 2 heteroatoms. The van der Waals surface area contributed by atoms with Crippen molar-refractivity contribution < 1.29 is 0 Å². The van der Waals surface area contributed by atoms with Crippen molar-refractivity contribution in [2.75, 3.05) is 19.6 Å². The van der Waals surface area contributed by atoms with E-state index in [2.05, 4.69) is 32.6 Å². The van der Waals surface area contributed by atoms with E-state index in [4.69, 9.17) is 5.73 Å². The smallest absolute Gasteiger partial charge is 0.00388 e. The number of hydrogen-bond donors (Lipinski definition) is 1. The van der Waals surface area contributed by atoms with Gasteiger partial charge in [0, 0.05) is 19.1 Å². The van der Waals surface area contributed by atoms with Crippen LogP contribution in [0.15, 0.2) is 0 Å². The van der Waals surface area contributed by atoms with E-state index in [0.717, 1.165) is 12.5 Å². The van der Waals surface area contributed by atoms with Gasteiger partial charge in [-0.2, -0.15) is 0 Å². The molecule has 1 atom stereocenters. The average Bonchev–Trinajstić information content (AvgIpc) is 2.94. The Morgan fingerprint density at radius 3 is 2.13 bits per heavy atom. The van der Waals surface area contributed by atoms with Crippen LogP contribution in [0.1, 0.15) is 40.5 Å². The summed E-state index contributed by atoms with van der Waals surface area (Å²) in [5, 5.41) is 0. The van der Waals surface area contributed by atoms with E-state index in [-0.39, 0.29) is 0 Å². The molecule has 0 heterocycles. The third kappa shape index (κ3) is 4.52. The first-order valence-electron chi connectivity index (χ1n) is 6.48. The van der Waals surface area contributed by atoms with Gasteiger partial charge in [0.05, 0.1) is 0 Å². The summed E-state index contributed by atoms with van der Waals surface area (Å²) in [5.74, 6) is 2.35. The van der Waals surface area contributed by atoms with Gasteiger partial charge in [-0.15, -0.1) is 0 Å². The first-order chi connectivity index (χ1) is 7.04. The van der Waals surface area contributed by atoms with Gasteiger partial charge in [0.15, 0.2) is 0 Å². The molecular formula is C13H28N2. The molecule has 0 aromatic heterocycles. The summed E-state index contributed by atoms with van der Waals surface area (Å²) in [7, 11) is 0. The SMILES string of the molecule is CC(C)C(CN)CN(CC1CC1)C(C)C. The van der Waals surface area contributed by atoms with Crippen LogP contribution in [0.25, 0.3) is 0 Å². The van der Waals surface area contributed by atoms with Crippen LogP contribution >= 0.6 is 0 Å². The number of nitrogens with two attached hydrogens (primary N) is 1. The molecule has 15 heavy (non-hydrogen) atoms. The lowest BCUT2D eigenvalue weighted by molar-refractivity contribution is 0.161. The third-order valence-corrected chi connectivity index (χ3v) is 3.63. The Morgan fingerprint density at radius 2 is 1.80 bits per heavy atom. The predicted octanol–water partition coefficient (Wildman–Crippen LogP) is 2.34. The molecule has 0 bridgehead atoms. The van der Waals surface area contributed by atoms with Crippen molar-refractivity contribution in [1.29, 1.82) is 0 Å². The summed E-state index contributed by atoms with van der Waals surface area (Å²) in [6.45, 7) is 12.5. The zero-order valence-corrected chi connectivity index (χ0v) is 10.9. The minimum atomic E-state index is 0.658. The standard InChI is InChI=1S/C13H28N2/c1-10(2)13(7-14)9-15(11(3)4)8-12-5-6-12/h10-13H,5-9,14H2,1-4H3. The number of rotatable bonds is 7. The molecule has 1 aliphatic carbocycles. The van der Waals surface area contributed by atoms with Gasteiger partial charge in [0.1, 0.15) is 0 Å². The van der Waals surface area contributed by atoms with Crippen molar-refractivity contribution in [3.05, 3.63) is 0 Å². The Balaban J connectivity index is 2.40. The molecule has 1 saturated carbocycles. The fourth-order valence-corrected chi connectivity index (χ4v) is 1.99. The summed E-state index contributed by atoms with van der Waals surface area (Å²) in [5.41, 5.74) is 5.84. The second kappa shape index (κ2) is 5.86. The van der Waals surface area contributed by atoms with E-state index in [1.165, 1.54) is 25.9 Å². The normalized spacial score (nSPS) is 19.2. The molecule has 90 valence electrons. The van der Waals surface area contributed by atoms with E-state index < -0.39 is 0 Å². The Hall–Kier alpha value is -0.0800. The van der Waals surface area contributed by atoms with Gasteiger partial charge >= 0.3 is 0 Å². The minimum absolute atomic E-state index is 0.658. The van der Waals surface area contributed by atoms with Crippen molar-refractivity contribution in [3.8, 4) is 0 Å². The second-order valence-electron chi connectivity index (χ2n) is 5.73. The molecule has 1 unspecified atom stereocenters. The predicted molar refractivity (Wildman–Crippen MR) is 66.8 cm³/mol. The summed E-state index contributed by atoms with van der Waals surface area (Å²) >= 11 is 0. The number of hydrogen-bond acceptors (Lipinski definition) is 2. The lowest BCUT2D eigenvalue weighted by Gasteiger charge is -2.32. The molecule has 0 radical (unpaired) electrons. The van der Waals surface area contributed by atoms with Crippen LogP contribution in [0.5, 0.6) is 0 Å². The van der Waals surface area contributed by atoms with Gasteiger partial charge in [-0.3, -0.25) is 0 Å². The summed E-state index contributed by atoms with van der Waals surface area (Å²) in [4.78, 5) is 2.62. The summed E-state index contributed by atoms with van der Waals surface area (Å²) in [6, 6.07) is 0.665. The molecule has 2 nitrogen and oxygen atoms in total. The minimum Gasteiger partial charge on any atom is -0.330 e. The quantitative estimate of drug-likeness (QED) is 0.702. The highest BCUT2D eigenvalue weighted by Gasteiger charge is 2.27. The van der Waals surface area contributed by atoms with E-state index in [0.29, 0.717) is 17.9 Å². The molecular weight excluding hydrogens is 184 g/mol. The van der Waals surface area contributed by atoms with E-state index in [9.17, 15) is 0 Å². The Kier molecular flexibility index (Phi) is 5.07. The van der Waals surface area contributed by atoms with E-state index >= 15 is 0 Å². The highest BCUT2D eigenvalue weighted by molar-refractivity contribution is 4.80. The van der Waals surface area contributed by atoms with Gasteiger partial charge < -0.3 is 10.6 Å². The molecule has 0 spiro atoms. The maximum Gasteiger partial charge on any atom is 0.00388 e. The maximum absolute atomic E-state index is 5.84. The van der Waals surface area contributed by atoms with Gasteiger partial charge in [-0.1, -0.05) is 13.8 Å². The molecule has 0 aliphatic heterocycles. The number of nitrogens with zero attached hydrogens (tertiary/aromatic N) is 1. The van der Waals surface area contributed by atoms with Crippen LogP contribution in [0.2, 0.25) is 0 Å². The lowest BCUT2D eigenvalue weighted by Crippen LogP contribution is -2.40. The second-order valence-corrected chi connectivity index (χ2v) is 5.73. The lowest BCUT2D eigenvalue weighted by atomic mass is 9.95. The van der Waals surface area contributed by atoms with Crippen molar-refractivity contribution >= 4 is 0 Å². The Labute approximate surface area is 95.2 Å². The van der Waals surface area contributed by atoms with Crippen molar-refractivity contribution in [3.63, 3.8) is 0 Å². The summed E-state index contributed by atoms with van der Waals surface area (Å²) in [6.07, 6.45) is 2.89. The Bertz CT molecular complexity index is 173. The fourth-order valence-electron chi connectivity index (χ4n) is 1.99. The van der Waals surface area contributed by atoms with Crippen molar-refractivity contribution in [2.24, 2.45) is 23.5 Å². The van der Waals surface area contributed by atoms with Crippen LogP contribution in [-0.4, -0.2) is 30.6 Å². The fraction of sp³-hybridized carbons (Fsp3) is 1.00. The molecule has 0 saturated heterocycles. The van der Waals surface area contributed by atoms with Crippen LogP contribution in [0.4, 0.5) is 0 Å². The van der Waals surface area contributed by atoms with Gasteiger partial charge in [0.25, 0.3) is 0 Å². The molecule has 1 rings (SSSR count). The first-order valence-corrected chi connectivity index (χ1v) is 6.48. The van der Waals surface area contributed by atoms with Crippen LogP contribution in [0.3, 0.4) is 0 Å². The topological polar surface area (TPSA) is 29.3 Å². The van der Waals surface area contributed by atoms with Gasteiger partial charge in [-0.05, 0) is 51.0 Å². The maximum atomic E-state index is 5.84. The zero-order valence-electron chi connectivity index (χ0n) is 10.9. The molecule has 1 fully saturated rings. The first kappa shape index (κ1) is 13.0. The molecule has 0 aromatic rings. The highest BCUT2D eigenvalue weighted by atomic mass is 15.2. The highest BCUT2D eigenvalue weighted by Crippen LogP contribution is 2.30. The largest absolute Gasteiger partial charge is 0.330 e. The van der Waals surface area contributed by atoms with E-state index in [1.54, 1.807) is 0 Å². The van der Waals surface area contributed by atoms with Crippen molar-refractivity contribution in [1.82, 2.24) is 4.90 Å². The molecule has 0 aromatic carbocycles. The zero-order chi connectivity index (χ0) is 11.4. The average molecular weight is 212 g/mol. The monoisotopic (exact) mass is 212 g/mol. The van der Waals surface area contributed by atoms with Crippen molar-refractivity contribution in [2.45, 2.75) is 46.6 Å². The van der Waals surface area contributed by atoms with Crippen LogP contribution in [-0.2, 0) is 0 Å². The van der Waals surface area contributed by atoms with Gasteiger partial charge in [0.2, 0.25) is 0 Å². The third-order valence-electron chi connectivity index (χ3n) is 3.63. The molecule has 0 amide bonds. The van der Waals surface area contributed by atoms with Gasteiger partial charge in [-0.25, -0.2) is 0 Å². The van der Waals surface area contributed by atoms with Crippen LogP contribution in [0, 0.1) is 17.8 Å². The Morgan fingerprint density at radius 1 is 1.20 bits per heavy atom. The van der Waals surface area contributed by atoms with Crippen LogP contribution < -0.4 is 5.73 Å². The van der Waals surface area contributed by atoms with E-state index in [1.807, 2.05) is 0 Å². The summed E-state index contributed by atoms with van der Waals surface area (Å²) < 4.78 is 0.